The van der Waals surface area contributed by atoms with Gasteiger partial charge in [0.25, 0.3) is 0 Å². The molecule has 0 unspecified atom stereocenters. The highest BCUT2D eigenvalue weighted by atomic mass is 16.6. The number of hydrogen-bond acceptors (Lipinski definition) is 6. The van der Waals surface area contributed by atoms with Crippen LogP contribution in [0.5, 0.6) is 0 Å². The lowest BCUT2D eigenvalue weighted by Crippen LogP contribution is -2.60. The number of rotatable bonds is 11. The Labute approximate surface area is 204 Å². The average Bonchev–Trinajstić information content (AvgIpc) is 2.92. The predicted octanol–water partition coefficient (Wildman–Crippen LogP) is 4.77. The molecule has 8 heteroatoms. The first-order valence-electron chi connectivity index (χ1n) is 11.6. The molecule has 182 valence electrons. The third kappa shape index (κ3) is 6.90. The van der Waals surface area contributed by atoms with E-state index >= 15 is 0 Å². The molecule has 1 heterocycles. The maximum Gasteiger partial charge on any atom is 0.165 e. The number of aliphatic hydroxyl groups is 1. The van der Waals surface area contributed by atoms with Crippen molar-refractivity contribution in [3.8, 4) is 0 Å². The maximum absolute atomic E-state index is 10.1. The van der Waals surface area contributed by atoms with Gasteiger partial charge in [-0.2, -0.15) is 0 Å². The zero-order valence-corrected chi connectivity index (χ0v) is 19.3. The molecule has 0 radical (unpaired) electrons. The van der Waals surface area contributed by atoms with Gasteiger partial charge >= 0.3 is 0 Å². The highest BCUT2D eigenvalue weighted by molar-refractivity contribution is 5.15. The van der Waals surface area contributed by atoms with Crippen LogP contribution in [-0.2, 0) is 38.8 Å². The summed E-state index contributed by atoms with van der Waals surface area (Å²) in [5.41, 5.74) is 12.1. The van der Waals surface area contributed by atoms with Gasteiger partial charge in [0.1, 0.15) is 24.4 Å². The Balaban J connectivity index is 1.59. The molecule has 5 atom stereocenters. The lowest BCUT2D eigenvalue weighted by molar-refractivity contribution is -0.268. The molecule has 0 bridgehead atoms. The van der Waals surface area contributed by atoms with Crippen LogP contribution in [0, 0.1) is 0 Å². The van der Waals surface area contributed by atoms with Crippen molar-refractivity contribution in [1.29, 1.82) is 0 Å². The third-order valence-electron chi connectivity index (χ3n) is 5.81. The van der Waals surface area contributed by atoms with Gasteiger partial charge in [-0.25, -0.2) is 0 Å². The van der Waals surface area contributed by atoms with E-state index in [1.165, 1.54) is 0 Å². The summed E-state index contributed by atoms with van der Waals surface area (Å²) in [7, 11) is 0. The van der Waals surface area contributed by atoms with E-state index in [2.05, 4.69) is 10.0 Å². The third-order valence-corrected chi connectivity index (χ3v) is 5.81. The van der Waals surface area contributed by atoms with Crippen molar-refractivity contribution < 1.29 is 24.1 Å². The van der Waals surface area contributed by atoms with Crippen LogP contribution in [0.15, 0.2) is 96.1 Å². The largest absolute Gasteiger partial charge is 0.394 e. The normalized spacial score (nSPS) is 24.0. The minimum absolute atomic E-state index is 0.271. The zero-order chi connectivity index (χ0) is 24.3. The van der Waals surface area contributed by atoms with Crippen LogP contribution in [0.4, 0.5) is 0 Å². The topological polar surface area (TPSA) is 106 Å². The van der Waals surface area contributed by atoms with Crippen molar-refractivity contribution in [3.05, 3.63) is 118 Å². The molecular formula is C27H29N3O5. The molecule has 0 aliphatic carbocycles. The van der Waals surface area contributed by atoms with Crippen molar-refractivity contribution in [3.63, 3.8) is 0 Å². The fourth-order valence-corrected chi connectivity index (χ4v) is 4.05. The molecule has 0 aromatic heterocycles. The highest BCUT2D eigenvalue weighted by Gasteiger charge is 2.47. The number of hydrogen-bond donors (Lipinski definition) is 1. The molecule has 1 aliphatic rings. The fourth-order valence-electron chi connectivity index (χ4n) is 4.05. The molecule has 1 fully saturated rings. The zero-order valence-electron chi connectivity index (χ0n) is 19.3. The van der Waals surface area contributed by atoms with Gasteiger partial charge in [0.2, 0.25) is 0 Å². The van der Waals surface area contributed by atoms with Gasteiger partial charge in [-0.05, 0) is 22.2 Å². The van der Waals surface area contributed by atoms with Crippen molar-refractivity contribution in [2.24, 2.45) is 5.11 Å². The number of ether oxygens (including phenoxy) is 4. The van der Waals surface area contributed by atoms with Crippen LogP contribution in [-0.4, -0.2) is 42.4 Å². The van der Waals surface area contributed by atoms with Crippen molar-refractivity contribution >= 4 is 0 Å². The summed E-state index contributed by atoms with van der Waals surface area (Å²) in [6.45, 7) is 0.539. The summed E-state index contributed by atoms with van der Waals surface area (Å²) in [6, 6.07) is 29.2. The number of nitrogens with zero attached hydrogens (tertiary/aromatic N) is 3. The quantitative estimate of drug-likeness (QED) is 0.244. The summed E-state index contributed by atoms with van der Waals surface area (Å²) in [4.78, 5) is 2.95. The van der Waals surface area contributed by atoms with E-state index in [1.807, 2.05) is 91.0 Å². The number of azide groups is 1. The summed E-state index contributed by atoms with van der Waals surface area (Å²) in [5.74, 6) is 0. The van der Waals surface area contributed by atoms with Crippen LogP contribution >= 0.6 is 0 Å². The molecule has 1 N–H and O–H groups in total. The van der Waals surface area contributed by atoms with Crippen LogP contribution in [0.25, 0.3) is 10.4 Å². The standard InChI is InChI=1S/C27H29N3O5/c28-30-29-27-26(34-19-22-14-8-3-9-15-22)25(33-18-21-12-6-2-7-13-21)24(23(16-31)35-27)32-17-20-10-4-1-5-11-20/h1-15,23-27,31H,16-19H2/t23-,24-,25+,26+,27+/m1/s1. The molecule has 1 aliphatic heterocycles. The lowest BCUT2D eigenvalue weighted by atomic mass is 9.97. The van der Waals surface area contributed by atoms with E-state index < -0.39 is 30.6 Å². The van der Waals surface area contributed by atoms with Gasteiger partial charge < -0.3 is 24.1 Å². The van der Waals surface area contributed by atoms with E-state index in [9.17, 15) is 10.6 Å². The molecule has 4 rings (SSSR count). The minimum Gasteiger partial charge on any atom is -0.394 e. The second-order valence-electron chi connectivity index (χ2n) is 8.24. The second kappa shape index (κ2) is 13.0. The van der Waals surface area contributed by atoms with Gasteiger partial charge in [-0.3, -0.25) is 0 Å². The number of aliphatic hydroxyl groups excluding tert-OH is 1. The molecule has 0 amide bonds. The first kappa shape index (κ1) is 24.9. The monoisotopic (exact) mass is 475 g/mol. The van der Waals surface area contributed by atoms with Gasteiger partial charge in [-0.15, -0.1) is 0 Å². The SMILES string of the molecule is [N-]=[N+]=N[C@H]1O[C@H](CO)[C@@H](OCc2ccccc2)[C@H](OCc2ccccc2)[C@@H]1OCc1ccccc1. The van der Waals surface area contributed by atoms with Crippen LogP contribution in [0.3, 0.4) is 0 Å². The maximum atomic E-state index is 10.1. The first-order chi connectivity index (χ1) is 17.3. The molecule has 35 heavy (non-hydrogen) atoms. The van der Waals surface area contributed by atoms with E-state index in [1.54, 1.807) is 0 Å². The fraction of sp³-hybridized carbons (Fsp3) is 0.333. The summed E-state index contributed by atoms with van der Waals surface area (Å²) in [6.07, 6.45) is -3.82. The van der Waals surface area contributed by atoms with Gasteiger partial charge in [0.15, 0.2) is 6.23 Å². The van der Waals surface area contributed by atoms with E-state index in [4.69, 9.17) is 18.9 Å². The van der Waals surface area contributed by atoms with Gasteiger partial charge in [-0.1, -0.05) is 96.1 Å². The van der Waals surface area contributed by atoms with E-state index in [0.29, 0.717) is 13.2 Å². The van der Waals surface area contributed by atoms with Crippen LogP contribution < -0.4 is 0 Å². The molecule has 1 saturated heterocycles. The smallest absolute Gasteiger partial charge is 0.165 e. The minimum atomic E-state index is -0.988. The summed E-state index contributed by atoms with van der Waals surface area (Å²) in [5, 5.41) is 13.9. The van der Waals surface area contributed by atoms with Crippen molar-refractivity contribution in [2.75, 3.05) is 6.61 Å². The summed E-state index contributed by atoms with van der Waals surface area (Å²) < 4.78 is 24.8. The Hall–Kier alpha value is -3.23. The Bertz CT molecular complexity index is 1060. The molecule has 0 saturated carbocycles. The lowest BCUT2D eigenvalue weighted by Gasteiger charge is -2.44. The van der Waals surface area contributed by atoms with Crippen LogP contribution in [0.1, 0.15) is 16.7 Å². The molecule has 3 aromatic rings. The second-order valence-corrected chi connectivity index (χ2v) is 8.24. The van der Waals surface area contributed by atoms with E-state index in [-0.39, 0.29) is 13.2 Å². The Morgan fingerprint density at radius 1 is 0.686 bits per heavy atom. The predicted molar refractivity (Wildman–Crippen MR) is 130 cm³/mol. The molecule has 0 spiro atoms. The molecule has 3 aromatic carbocycles. The molecular weight excluding hydrogens is 446 g/mol. The average molecular weight is 476 g/mol. The molecule has 8 nitrogen and oxygen atoms in total. The first-order valence-corrected chi connectivity index (χ1v) is 11.6. The Morgan fingerprint density at radius 2 is 1.11 bits per heavy atom. The highest BCUT2D eigenvalue weighted by Crippen LogP contribution is 2.31. The Morgan fingerprint density at radius 3 is 1.54 bits per heavy atom. The van der Waals surface area contributed by atoms with Crippen molar-refractivity contribution in [2.45, 2.75) is 50.5 Å². The summed E-state index contributed by atoms with van der Waals surface area (Å²) >= 11 is 0. The van der Waals surface area contributed by atoms with Crippen molar-refractivity contribution in [1.82, 2.24) is 0 Å². The van der Waals surface area contributed by atoms with Gasteiger partial charge in [0, 0.05) is 4.91 Å². The van der Waals surface area contributed by atoms with Crippen LogP contribution in [0.2, 0.25) is 0 Å². The number of benzene rings is 3. The Kier molecular flexibility index (Phi) is 9.25. The van der Waals surface area contributed by atoms with E-state index in [0.717, 1.165) is 16.7 Å². The van der Waals surface area contributed by atoms with Gasteiger partial charge in [0.05, 0.1) is 26.4 Å².